The van der Waals surface area contributed by atoms with Crippen LogP contribution in [0.2, 0.25) is 0 Å². The zero-order chi connectivity index (χ0) is 12.8. The van der Waals surface area contributed by atoms with E-state index in [9.17, 15) is 9.59 Å². The minimum absolute atomic E-state index is 0.0544. The highest BCUT2D eigenvalue weighted by molar-refractivity contribution is 5.82. The summed E-state index contributed by atoms with van der Waals surface area (Å²) in [6, 6.07) is -1.02. The molecule has 2 unspecified atom stereocenters. The maximum absolute atomic E-state index is 11.9. The molecule has 1 heterocycles. The van der Waals surface area contributed by atoms with Crippen LogP contribution in [-0.2, 0) is 4.79 Å². The van der Waals surface area contributed by atoms with Crippen LogP contribution in [0.5, 0.6) is 0 Å². The molecule has 98 valence electrons. The Balaban J connectivity index is 2.53. The molecule has 1 rings (SSSR count). The standard InChI is InChI=1S/C12H22N2O3/c1-3-9(2)10(11(15)16)13-12(17)14-7-5-4-6-8-14/h9-10H,3-8H2,1-2H3,(H,13,17)(H,15,16). The minimum atomic E-state index is -0.954. The molecule has 0 aliphatic carbocycles. The Bertz CT molecular complexity index is 275. The van der Waals surface area contributed by atoms with E-state index in [4.69, 9.17) is 5.11 Å². The molecule has 1 aliphatic heterocycles. The number of carboxylic acids is 1. The molecule has 1 fully saturated rings. The minimum Gasteiger partial charge on any atom is -0.480 e. The molecular weight excluding hydrogens is 220 g/mol. The summed E-state index contributed by atoms with van der Waals surface area (Å²) in [4.78, 5) is 24.7. The first-order valence-electron chi connectivity index (χ1n) is 6.34. The van der Waals surface area contributed by atoms with Gasteiger partial charge in [0.15, 0.2) is 0 Å². The molecule has 0 bridgehead atoms. The van der Waals surface area contributed by atoms with Gasteiger partial charge in [-0.3, -0.25) is 0 Å². The van der Waals surface area contributed by atoms with Gasteiger partial charge in [-0.25, -0.2) is 9.59 Å². The van der Waals surface area contributed by atoms with E-state index in [0.717, 1.165) is 38.8 Å². The molecule has 2 N–H and O–H groups in total. The van der Waals surface area contributed by atoms with Crippen molar-refractivity contribution in [2.75, 3.05) is 13.1 Å². The summed E-state index contributed by atoms with van der Waals surface area (Å²) in [5.74, 6) is -1.01. The number of nitrogens with one attached hydrogen (secondary N) is 1. The number of aliphatic carboxylic acids is 1. The Labute approximate surface area is 102 Å². The lowest BCUT2D eigenvalue weighted by Crippen LogP contribution is -2.51. The van der Waals surface area contributed by atoms with E-state index >= 15 is 0 Å². The monoisotopic (exact) mass is 242 g/mol. The highest BCUT2D eigenvalue weighted by atomic mass is 16.4. The van der Waals surface area contributed by atoms with Crippen molar-refractivity contribution in [1.29, 1.82) is 0 Å². The molecular formula is C12H22N2O3. The Hall–Kier alpha value is -1.26. The zero-order valence-electron chi connectivity index (χ0n) is 10.6. The lowest BCUT2D eigenvalue weighted by atomic mass is 9.99. The first kappa shape index (κ1) is 13.8. The van der Waals surface area contributed by atoms with Gasteiger partial charge < -0.3 is 15.3 Å². The molecule has 2 amide bonds. The van der Waals surface area contributed by atoms with Gasteiger partial charge in [0, 0.05) is 13.1 Å². The van der Waals surface area contributed by atoms with Gasteiger partial charge in [0.2, 0.25) is 0 Å². The summed E-state index contributed by atoms with van der Waals surface area (Å²) in [6.45, 7) is 5.24. The van der Waals surface area contributed by atoms with Gasteiger partial charge in [0.1, 0.15) is 6.04 Å². The van der Waals surface area contributed by atoms with Crippen molar-refractivity contribution >= 4 is 12.0 Å². The number of likely N-dealkylation sites (tertiary alicyclic amines) is 1. The average molecular weight is 242 g/mol. The lowest BCUT2D eigenvalue weighted by molar-refractivity contribution is -0.140. The van der Waals surface area contributed by atoms with Crippen molar-refractivity contribution in [1.82, 2.24) is 10.2 Å². The van der Waals surface area contributed by atoms with E-state index in [2.05, 4.69) is 5.32 Å². The van der Waals surface area contributed by atoms with Crippen LogP contribution in [0.3, 0.4) is 0 Å². The van der Waals surface area contributed by atoms with Crippen LogP contribution < -0.4 is 5.32 Å². The second kappa shape index (κ2) is 6.47. The number of amides is 2. The van der Waals surface area contributed by atoms with Gasteiger partial charge in [-0.2, -0.15) is 0 Å². The number of carboxylic acid groups (broad SMARTS) is 1. The molecule has 1 aliphatic rings. The van der Waals surface area contributed by atoms with E-state index in [-0.39, 0.29) is 11.9 Å². The number of urea groups is 1. The van der Waals surface area contributed by atoms with Crippen LogP contribution in [-0.4, -0.2) is 41.1 Å². The molecule has 0 spiro atoms. The van der Waals surface area contributed by atoms with Crippen LogP contribution in [0.25, 0.3) is 0 Å². The lowest BCUT2D eigenvalue weighted by Gasteiger charge is -2.29. The number of rotatable bonds is 4. The fraction of sp³-hybridized carbons (Fsp3) is 0.833. The maximum Gasteiger partial charge on any atom is 0.326 e. The van der Waals surface area contributed by atoms with Crippen LogP contribution in [0, 0.1) is 5.92 Å². The first-order valence-corrected chi connectivity index (χ1v) is 6.34. The largest absolute Gasteiger partial charge is 0.480 e. The molecule has 0 aromatic carbocycles. The normalized spacial score (nSPS) is 19.5. The summed E-state index contributed by atoms with van der Waals surface area (Å²) < 4.78 is 0. The van der Waals surface area contributed by atoms with Gasteiger partial charge >= 0.3 is 12.0 Å². The summed E-state index contributed by atoms with van der Waals surface area (Å²) in [6.07, 6.45) is 3.90. The topological polar surface area (TPSA) is 69.6 Å². The SMILES string of the molecule is CCC(C)C(NC(=O)N1CCCCC1)C(=O)O. The van der Waals surface area contributed by atoms with Crippen molar-refractivity contribution in [3.05, 3.63) is 0 Å². The maximum atomic E-state index is 11.9. The first-order chi connectivity index (χ1) is 8.06. The summed E-state index contributed by atoms with van der Waals surface area (Å²) in [7, 11) is 0. The Morgan fingerprint density at radius 2 is 1.88 bits per heavy atom. The van der Waals surface area contributed by atoms with Crippen molar-refractivity contribution < 1.29 is 14.7 Å². The number of hydrogen-bond acceptors (Lipinski definition) is 2. The Kier molecular flexibility index (Phi) is 5.25. The quantitative estimate of drug-likeness (QED) is 0.788. The smallest absolute Gasteiger partial charge is 0.326 e. The molecule has 2 atom stereocenters. The number of carbonyl (C=O) groups is 2. The second-order valence-electron chi connectivity index (χ2n) is 4.70. The van der Waals surface area contributed by atoms with Gasteiger partial charge in [-0.1, -0.05) is 20.3 Å². The Morgan fingerprint density at radius 3 is 2.35 bits per heavy atom. The molecule has 17 heavy (non-hydrogen) atoms. The van der Waals surface area contributed by atoms with Gasteiger partial charge in [0.25, 0.3) is 0 Å². The summed E-state index contributed by atoms with van der Waals surface area (Å²) >= 11 is 0. The molecule has 5 nitrogen and oxygen atoms in total. The molecule has 0 saturated carbocycles. The summed E-state index contributed by atoms with van der Waals surface area (Å²) in [5, 5.41) is 11.7. The van der Waals surface area contributed by atoms with Crippen molar-refractivity contribution in [2.24, 2.45) is 5.92 Å². The van der Waals surface area contributed by atoms with E-state index in [1.165, 1.54) is 0 Å². The van der Waals surface area contributed by atoms with Crippen LogP contribution in [0.4, 0.5) is 4.79 Å². The van der Waals surface area contributed by atoms with E-state index in [1.54, 1.807) is 4.90 Å². The predicted molar refractivity (Wildman–Crippen MR) is 64.8 cm³/mol. The average Bonchev–Trinajstić information content (AvgIpc) is 2.35. The predicted octanol–water partition coefficient (Wildman–Crippen LogP) is 1.68. The third-order valence-electron chi connectivity index (χ3n) is 3.40. The number of piperidine rings is 1. The number of hydrogen-bond donors (Lipinski definition) is 2. The van der Waals surface area contributed by atoms with Crippen molar-refractivity contribution in [3.8, 4) is 0 Å². The highest BCUT2D eigenvalue weighted by Crippen LogP contribution is 2.11. The van der Waals surface area contributed by atoms with E-state index in [1.807, 2.05) is 13.8 Å². The number of carbonyl (C=O) groups excluding carboxylic acids is 1. The molecule has 0 aromatic heterocycles. The third kappa shape index (κ3) is 3.91. The highest BCUT2D eigenvalue weighted by Gasteiger charge is 2.27. The zero-order valence-corrected chi connectivity index (χ0v) is 10.6. The molecule has 5 heteroatoms. The summed E-state index contributed by atoms with van der Waals surface area (Å²) in [5.41, 5.74) is 0. The fourth-order valence-corrected chi connectivity index (χ4v) is 2.00. The van der Waals surface area contributed by atoms with E-state index < -0.39 is 12.0 Å². The molecule has 0 radical (unpaired) electrons. The van der Waals surface area contributed by atoms with Gasteiger partial charge in [-0.05, 0) is 25.2 Å². The van der Waals surface area contributed by atoms with Gasteiger partial charge in [0.05, 0.1) is 0 Å². The third-order valence-corrected chi connectivity index (χ3v) is 3.40. The molecule has 1 saturated heterocycles. The Morgan fingerprint density at radius 1 is 1.29 bits per heavy atom. The van der Waals surface area contributed by atoms with Gasteiger partial charge in [-0.15, -0.1) is 0 Å². The van der Waals surface area contributed by atoms with Crippen LogP contribution >= 0.6 is 0 Å². The van der Waals surface area contributed by atoms with Crippen molar-refractivity contribution in [3.63, 3.8) is 0 Å². The second-order valence-corrected chi connectivity index (χ2v) is 4.70. The number of nitrogens with zero attached hydrogens (tertiary/aromatic N) is 1. The van der Waals surface area contributed by atoms with Crippen molar-refractivity contribution in [2.45, 2.75) is 45.6 Å². The molecule has 0 aromatic rings. The fourth-order valence-electron chi connectivity index (χ4n) is 2.00. The van der Waals surface area contributed by atoms with Crippen LogP contribution in [0.1, 0.15) is 39.5 Å². The van der Waals surface area contributed by atoms with Crippen LogP contribution in [0.15, 0.2) is 0 Å². The van der Waals surface area contributed by atoms with E-state index in [0.29, 0.717) is 0 Å².